The van der Waals surface area contributed by atoms with Gasteiger partial charge in [0, 0.05) is 18.5 Å². The number of amides is 1. The monoisotopic (exact) mass is 935 g/mol. The predicted molar refractivity (Wildman–Crippen MR) is 270 cm³/mol. The van der Waals surface area contributed by atoms with Crippen molar-refractivity contribution in [3.05, 3.63) is 29.3 Å². The van der Waals surface area contributed by atoms with E-state index in [0.29, 0.717) is 38.5 Å². The zero-order valence-electron chi connectivity index (χ0n) is 43.0. The summed E-state index contributed by atoms with van der Waals surface area (Å²) in [7, 11) is 0. The third-order valence-corrected chi connectivity index (χ3v) is 13.3. The fourth-order valence-corrected chi connectivity index (χ4v) is 8.97. The smallest absolute Gasteiger partial charge is 0.308 e. The van der Waals surface area contributed by atoms with Gasteiger partial charge in [0.25, 0.3) is 5.91 Å². The molecule has 1 aromatic rings. The van der Waals surface area contributed by atoms with E-state index < -0.39 is 23.3 Å². The van der Waals surface area contributed by atoms with Gasteiger partial charge in [-0.15, -0.1) is 0 Å². The van der Waals surface area contributed by atoms with Crippen molar-refractivity contribution in [3.63, 3.8) is 0 Å². The number of carbonyl (C=O) groups is 3. The summed E-state index contributed by atoms with van der Waals surface area (Å²) in [5, 5.41) is 12.2. The summed E-state index contributed by atoms with van der Waals surface area (Å²) in [6.45, 7) is 13.0. The van der Waals surface area contributed by atoms with Crippen LogP contribution in [0.3, 0.4) is 0 Å². The Balaban J connectivity index is 2.48. The summed E-state index contributed by atoms with van der Waals surface area (Å²) in [5.41, 5.74) is -0.158. The van der Waals surface area contributed by atoms with Crippen LogP contribution < -0.4 is 5.32 Å². The Morgan fingerprint density at radius 1 is 0.530 bits per heavy atom. The summed E-state index contributed by atoms with van der Waals surface area (Å²) in [5.74, 6) is -3.33. The molecule has 0 aliphatic rings. The van der Waals surface area contributed by atoms with Crippen molar-refractivity contribution >= 4 is 17.8 Å². The molecule has 8 nitrogen and oxygen atoms in total. The van der Waals surface area contributed by atoms with E-state index in [9.17, 15) is 28.3 Å². The van der Waals surface area contributed by atoms with Crippen LogP contribution >= 0.6 is 0 Å². The molecule has 66 heavy (non-hydrogen) atoms. The summed E-state index contributed by atoms with van der Waals surface area (Å²) < 4.78 is 39.1. The number of esters is 2. The van der Waals surface area contributed by atoms with Gasteiger partial charge >= 0.3 is 11.9 Å². The number of ether oxygens (including phenoxy) is 2. The number of unbranched alkanes of at least 4 members (excludes halogenated alkanes) is 22. The van der Waals surface area contributed by atoms with E-state index in [-0.39, 0.29) is 23.4 Å². The highest BCUT2D eigenvalue weighted by Crippen LogP contribution is 2.25. The Bertz CT molecular complexity index is 1300. The number of hydrogen-bond acceptors (Lipinski definition) is 7. The van der Waals surface area contributed by atoms with E-state index in [1.165, 1.54) is 116 Å². The highest BCUT2D eigenvalue weighted by atomic mass is 19.1. The topological polar surface area (TPSA) is 105 Å². The number of nitrogens with one attached hydrogen (secondary N) is 1. The molecule has 1 amide bonds. The molecule has 0 bridgehead atoms. The number of phenolic OH excluding ortho intramolecular Hbond substituents is 1. The molecule has 0 spiro atoms. The normalized spacial score (nSPS) is 12.0. The number of rotatable bonds is 47. The lowest BCUT2D eigenvalue weighted by atomic mass is 9.90. The number of benzene rings is 1. The number of nitrogens with zero attached hydrogens (tertiary/aromatic N) is 1. The molecule has 384 valence electrons. The van der Waals surface area contributed by atoms with Gasteiger partial charge in [0.1, 0.15) is 0 Å². The van der Waals surface area contributed by atoms with Crippen LogP contribution in [0.1, 0.15) is 263 Å². The highest BCUT2D eigenvalue weighted by molar-refractivity contribution is 5.94. The third-order valence-electron chi connectivity index (χ3n) is 13.3. The van der Waals surface area contributed by atoms with Gasteiger partial charge in [-0.3, -0.25) is 14.4 Å². The average molecular weight is 935 g/mol. The van der Waals surface area contributed by atoms with Crippen molar-refractivity contribution < 1.29 is 37.7 Å². The molecule has 0 aromatic heterocycles. The zero-order chi connectivity index (χ0) is 48.3. The summed E-state index contributed by atoms with van der Waals surface area (Å²) in [6.07, 6.45) is 39.2. The van der Waals surface area contributed by atoms with Crippen LogP contribution in [0.5, 0.6) is 5.75 Å². The largest absolute Gasteiger partial charge is 0.503 e. The van der Waals surface area contributed by atoms with Gasteiger partial charge in [-0.1, -0.05) is 195 Å². The van der Waals surface area contributed by atoms with Crippen molar-refractivity contribution in [1.82, 2.24) is 10.2 Å². The van der Waals surface area contributed by atoms with Crippen LogP contribution in [0.2, 0.25) is 0 Å². The SMILES string of the molecule is CCCCCCCCC(CCCCCC)C(=O)OCCCCCCCN(CCCCCCCOC(=O)CCC(CCCCCC)CCCCCC)CCCNC(=O)c1cc(F)c(O)c(F)c1. The molecular weight excluding hydrogens is 835 g/mol. The van der Waals surface area contributed by atoms with E-state index >= 15 is 0 Å². The first-order valence-corrected chi connectivity index (χ1v) is 27.7. The van der Waals surface area contributed by atoms with E-state index in [2.05, 4.69) is 37.9 Å². The molecule has 2 N–H and O–H groups in total. The van der Waals surface area contributed by atoms with Crippen molar-refractivity contribution in [3.8, 4) is 5.75 Å². The molecule has 0 saturated carbocycles. The third kappa shape index (κ3) is 33.7. The van der Waals surface area contributed by atoms with Crippen LogP contribution in [0.4, 0.5) is 8.78 Å². The number of hydrogen-bond donors (Lipinski definition) is 2. The Morgan fingerprint density at radius 2 is 0.939 bits per heavy atom. The lowest BCUT2D eigenvalue weighted by molar-refractivity contribution is -0.149. The summed E-state index contributed by atoms with van der Waals surface area (Å²) >= 11 is 0. The highest BCUT2D eigenvalue weighted by Gasteiger charge is 2.20. The Kier molecular flexibility index (Phi) is 40.4. The number of halogens is 2. The fraction of sp³-hybridized carbons (Fsp3) is 0.839. The molecule has 0 fully saturated rings. The second-order valence-electron chi connectivity index (χ2n) is 19.4. The maximum atomic E-state index is 13.8. The van der Waals surface area contributed by atoms with E-state index in [1.54, 1.807) is 0 Å². The first-order chi connectivity index (χ1) is 32.2. The van der Waals surface area contributed by atoms with Crippen molar-refractivity contribution in [2.75, 3.05) is 39.4 Å². The Morgan fingerprint density at radius 3 is 1.45 bits per heavy atom. The van der Waals surface area contributed by atoms with Crippen molar-refractivity contribution in [1.29, 1.82) is 0 Å². The van der Waals surface area contributed by atoms with Gasteiger partial charge in [-0.05, 0) is 89.1 Å². The van der Waals surface area contributed by atoms with Crippen molar-refractivity contribution in [2.45, 2.75) is 252 Å². The first kappa shape index (κ1) is 61.3. The second kappa shape index (κ2) is 43.5. The van der Waals surface area contributed by atoms with Crippen molar-refractivity contribution in [2.24, 2.45) is 11.8 Å². The molecule has 1 aromatic carbocycles. The lowest BCUT2D eigenvalue weighted by Crippen LogP contribution is -2.31. The summed E-state index contributed by atoms with van der Waals surface area (Å²) in [6, 6.07) is 1.69. The molecular formula is C56H100F2N2O6. The summed E-state index contributed by atoms with van der Waals surface area (Å²) in [4.78, 5) is 40.6. The second-order valence-corrected chi connectivity index (χ2v) is 19.4. The van der Waals surface area contributed by atoms with Gasteiger partial charge in [0.05, 0.1) is 19.1 Å². The minimum atomic E-state index is -1.16. The number of aromatic hydroxyl groups is 1. The maximum absolute atomic E-state index is 13.8. The van der Waals surface area contributed by atoms with Gasteiger partial charge in [-0.2, -0.15) is 0 Å². The first-order valence-electron chi connectivity index (χ1n) is 27.7. The van der Waals surface area contributed by atoms with Crippen LogP contribution in [-0.2, 0) is 19.1 Å². The van der Waals surface area contributed by atoms with E-state index in [0.717, 1.165) is 128 Å². The molecule has 1 rings (SSSR count). The molecule has 0 heterocycles. The van der Waals surface area contributed by atoms with E-state index in [1.807, 2.05) is 0 Å². The Labute approximate surface area is 403 Å². The lowest BCUT2D eigenvalue weighted by Gasteiger charge is -2.22. The van der Waals surface area contributed by atoms with Crippen LogP contribution in [0.25, 0.3) is 0 Å². The zero-order valence-corrected chi connectivity index (χ0v) is 43.0. The molecule has 1 atom stereocenters. The maximum Gasteiger partial charge on any atom is 0.308 e. The van der Waals surface area contributed by atoms with Crippen LogP contribution in [-0.4, -0.2) is 67.2 Å². The molecule has 0 radical (unpaired) electrons. The van der Waals surface area contributed by atoms with Gasteiger partial charge in [-0.25, -0.2) is 8.78 Å². The van der Waals surface area contributed by atoms with Gasteiger partial charge < -0.3 is 24.8 Å². The molecule has 1 unspecified atom stereocenters. The molecule has 0 aliphatic heterocycles. The Hall–Kier alpha value is -2.75. The minimum absolute atomic E-state index is 0.00756. The predicted octanol–water partition coefficient (Wildman–Crippen LogP) is 15.8. The molecule has 0 saturated heterocycles. The van der Waals surface area contributed by atoms with Gasteiger partial charge in [0.2, 0.25) is 0 Å². The molecule has 10 heteroatoms. The minimum Gasteiger partial charge on any atom is -0.503 e. The standard InChI is InChI=1S/C56H100F2N2O6/c1-5-9-13-17-20-28-37-49(36-27-16-12-8-4)56(64)66-45-32-24-19-22-30-42-60(43-33-40-59-55(63)50-46-51(57)54(62)52(58)47-50)41-29-21-18-23-31-44-65-53(61)39-38-48(34-25-14-10-6-2)35-26-15-11-7-3/h46-49,62H,5-45H2,1-4H3,(H,59,63). The van der Waals surface area contributed by atoms with Crippen LogP contribution in [0, 0.1) is 23.5 Å². The number of carbonyl (C=O) groups excluding carboxylic acids is 3. The van der Waals surface area contributed by atoms with E-state index in [4.69, 9.17) is 9.47 Å². The average Bonchev–Trinajstić information content (AvgIpc) is 3.31. The van der Waals surface area contributed by atoms with Crippen LogP contribution in [0.15, 0.2) is 12.1 Å². The molecule has 0 aliphatic carbocycles. The van der Waals surface area contributed by atoms with Gasteiger partial charge in [0.15, 0.2) is 17.4 Å². The quantitative estimate of drug-likeness (QED) is 0.0495. The fourth-order valence-electron chi connectivity index (χ4n) is 8.97. The number of phenols is 1.